The first-order valence-corrected chi connectivity index (χ1v) is 6.06. The van der Waals surface area contributed by atoms with Crippen LogP contribution in [0.25, 0.3) is 0 Å². The maximum atomic E-state index is 12.0. The predicted molar refractivity (Wildman–Crippen MR) is 66.2 cm³/mol. The molecule has 1 aliphatic rings. The number of carbonyl (C=O) groups excluding carboxylic acids is 1. The standard InChI is InChI=1S/C12H15ClN2O2/c1-8-10(4-5-11(13)14-8)15-12(16)9-3-2-6-17-7-9/h4-5,9H,2-3,6-7H2,1H3,(H,15,16). The van der Waals surface area contributed by atoms with Gasteiger partial charge >= 0.3 is 0 Å². The highest BCUT2D eigenvalue weighted by Crippen LogP contribution is 2.19. The van der Waals surface area contributed by atoms with E-state index in [1.807, 2.05) is 6.92 Å². The number of carbonyl (C=O) groups is 1. The summed E-state index contributed by atoms with van der Waals surface area (Å²) in [6.07, 6.45) is 1.82. The fraction of sp³-hybridized carbons (Fsp3) is 0.500. The largest absolute Gasteiger partial charge is 0.381 e. The van der Waals surface area contributed by atoms with Crippen molar-refractivity contribution >= 4 is 23.2 Å². The van der Waals surface area contributed by atoms with Gasteiger partial charge in [-0.1, -0.05) is 11.6 Å². The normalized spacial score (nSPS) is 20.0. The average molecular weight is 255 g/mol. The van der Waals surface area contributed by atoms with Gasteiger partial charge in [0.1, 0.15) is 5.15 Å². The number of aromatic nitrogens is 1. The van der Waals surface area contributed by atoms with Crippen LogP contribution in [-0.2, 0) is 9.53 Å². The van der Waals surface area contributed by atoms with Gasteiger partial charge in [-0.2, -0.15) is 0 Å². The van der Waals surface area contributed by atoms with Crippen molar-refractivity contribution in [2.75, 3.05) is 18.5 Å². The van der Waals surface area contributed by atoms with E-state index in [1.165, 1.54) is 0 Å². The van der Waals surface area contributed by atoms with Crippen molar-refractivity contribution in [2.45, 2.75) is 19.8 Å². The predicted octanol–water partition coefficient (Wildman–Crippen LogP) is 2.41. The zero-order valence-corrected chi connectivity index (χ0v) is 10.5. The van der Waals surface area contributed by atoms with E-state index >= 15 is 0 Å². The van der Waals surface area contributed by atoms with Crippen LogP contribution in [0.15, 0.2) is 12.1 Å². The maximum absolute atomic E-state index is 12.0. The highest BCUT2D eigenvalue weighted by atomic mass is 35.5. The van der Waals surface area contributed by atoms with Gasteiger partial charge in [-0.3, -0.25) is 4.79 Å². The molecule has 0 spiro atoms. The monoisotopic (exact) mass is 254 g/mol. The average Bonchev–Trinajstić information content (AvgIpc) is 2.34. The molecule has 5 heteroatoms. The Morgan fingerprint density at radius 1 is 1.59 bits per heavy atom. The molecule has 1 aromatic heterocycles. The minimum Gasteiger partial charge on any atom is -0.381 e. The molecule has 1 atom stereocenters. The summed E-state index contributed by atoms with van der Waals surface area (Å²) in [6.45, 7) is 3.08. The summed E-state index contributed by atoms with van der Waals surface area (Å²) in [5, 5.41) is 3.30. The van der Waals surface area contributed by atoms with Crippen molar-refractivity contribution in [3.8, 4) is 0 Å². The molecule has 1 aromatic rings. The molecule has 92 valence electrons. The third-order valence-corrected chi connectivity index (χ3v) is 3.05. The fourth-order valence-electron chi connectivity index (χ4n) is 1.84. The number of amides is 1. The number of nitrogens with one attached hydrogen (secondary N) is 1. The summed E-state index contributed by atoms with van der Waals surface area (Å²) < 4.78 is 5.29. The van der Waals surface area contributed by atoms with Gasteiger partial charge in [0.25, 0.3) is 0 Å². The Balaban J connectivity index is 2.02. The van der Waals surface area contributed by atoms with Gasteiger partial charge in [0.15, 0.2) is 0 Å². The third kappa shape index (κ3) is 3.17. The van der Waals surface area contributed by atoms with Crippen molar-refractivity contribution in [1.29, 1.82) is 0 Å². The van der Waals surface area contributed by atoms with E-state index in [2.05, 4.69) is 10.3 Å². The number of aryl methyl sites for hydroxylation is 1. The third-order valence-electron chi connectivity index (χ3n) is 2.84. The number of hydrogen-bond acceptors (Lipinski definition) is 3. The molecule has 4 nitrogen and oxygen atoms in total. The molecule has 1 unspecified atom stereocenters. The Labute approximate surface area is 105 Å². The first kappa shape index (κ1) is 12.3. The van der Waals surface area contributed by atoms with E-state index in [1.54, 1.807) is 12.1 Å². The van der Waals surface area contributed by atoms with Gasteiger partial charge in [0, 0.05) is 6.61 Å². The molecule has 1 saturated heterocycles. The molecule has 17 heavy (non-hydrogen) atoms. The summed E-state index contributed by atoms with van der Waals surface area (Å²) >= 11 is 5.76. The van der Waals surface area contributed by atoms with Crippen molar-refractivity contribution in [1.82, 2.24) is 4.98 Å². The molecule has 1 N–H and O–H groups in total. The molecular weight excluding hydrogens is 240 g/mol. The highest BCUT2D eigenvalue weighted by molar-refractivity contribution is 6.29. The lowest BCUT2D eigenvalue weighted by Crippen LogP contribution is -2.30. The van der Waals surface area contributed by atoms with Crippen LogP contribution >= 0.6 is 11.6 Å². The number of rotatable bonds is 2. The first-order valence-electron chi connectivity index (χ1n) is 5.68. The number of hydrogen-bond donors (Lipinski definition) is 1. The summed E-state index contributed by atoms with van der Waals surface area (Å²) in [4.78, 5) is 16.0. The molecule has 0 aromatic carbocycles. The van der Waals surface area contributed by atoms with E-state index in [4.69, 9.17) is 16.3 Å². The molecule has 0 saturated carbocycles. The van der Waals surface area contributed by atoms with E-state index < -0.39 is 0 Å². The van der Waals surface area contributed by atoms with E-state index in [0.29, 0.717) is 17.4 Å². The van der Waals surface area contributed by atoms with Gasteiger partial charge in [0.05, 0.1) is 23.9 Å². The van der Waals surface area contributed by atoms with E-state index in [0.717, 1.165) is 25.1 Å². The Hall–Kier alpha value is -1.13. The minimum atomic E-state index is -0.0566. The lowest BCUT2D eigenvalue weighted by atomic mass is 10.0. The zero-order chi connectivity index (χ0) is 12.3. The number of anilines is 1. The Bertz CT molecular complexity index is 417. The quantitative estimate of drug-likeness (QED) is 0.825. The molecule has 2 heterocycles. The van der Waals surface area contributed by atoms with Gasteiger partial charge in [-0.05, 0) is 31.9 Å². The maximum Gasteiger partial charge on any atom is 0.229 e. The Morgan fingerprint density at radius 3 is 3.06 bits per heavy atom. The van der Waals surface area contributed by atoms with Crippen molar-refractivity contribution in [2.24, 2.45) is 5.92 Å². The van der Waals surface area contributed by atoms with Crippen LogP contribution in [0.4, 0.5) is 5.69 Å². The molecule has 0 bridgehead atoms. The Morgan fingerprint density at radius 2 is 2.41 bits per heavy atom. The van der Waals surface area contributed by atoms with Gasteiger partial charge in [-0.25, -0.2) is 4.98 Å². The van der Waals surface area contributed by atoms with Crippen LogP contribution in [0.2, 0.25) is 5.15 Å². The topological polar surface area (TPSA) is 51.2 Å². The molecule has 0 aliphatic carbocycles. The van der Waals surface area contributed by atoms with Crippen LogP contribution in [-0.4, -0.2) is 24.1 Å². The van der Waals surface area contributed by atoms with Crippen LogP contribution < -0.4 is 5.32 Å². The van der Waals surface area contributed by atoms with Gasteiger partial charge < -0.3 is 10.1 Å². The lowest BCUT2D eigenvalue weighted by molar-refractivity contribution is -0.123. The summed E-state index contributed by atoms with van der Waals surface area (Å²) in [5.74, 6) is -0.0595. The molecule has 0 radical (unpaired) electrons. The number of nitrogens with zero attached hydrogens (tertiary/aromatic N) is 1. The van der Waals surface area contributed by atoms with Crippen molar-refractivity contribution < 1.29 is 9.53 Å². The van der Waals surface area contributed by atoms with E-state index in [9.17, 15) is 4.79 Å². The summed E-state index contributed by atoms with van der Waals surface area (Å²) in [6, 6.07) is 3.44. The smallest absolute Gasteiger partial charge is 0.229 e. The Kier molecular flexibility index (Phi) is 3.97. The van der Waals surface area contributed by atoms with Gasteiger partial charge in [0.2, 0.25) is 5.91 Å². The second-order valence-electron chi connectivity index (χ2n) is 4.17. The molecule has 1 aliphatic heterocycles. The lowest BCUT2D eigenvalue weighted by Gasteiger charge is -2.21. The van der Waals surface area contributed by atoms with Crippen LogP contribution in [0.3, 0.4) is 0 Å². The summed E-state index contributed by atoms with van der Waals surface area (Å²) in [7, 11) is 0. The SMILES string of the molecule is Cc1nc(Cl)ccc1NC(=O)C1CCCOC1. The van der Waals surface area contributed by atoms with Crippen LogP contribution in [0, 0.1) is 12.8 Å². The zero-order valence-electron chi connectivity index (χ0n) is 9.70. The number of ether oxygens (including phenoxy) is 1. The van der Waals surface area contributed by atoms with Crippen molar-refractivity contribution in [3.05, 3.63) is 23.0 Å². The number of halogens is 1. The summed E-state index contributed by atoms with van der Waals surface area (Å²) in [5.41, 5.74) is 1.44. The van der Waals surface area contributed by atoms with Gasteiger partial charge in [-0.15, -0.1) is 0 Å². The molecular formula is C12H15ClN2O2. The second-order valence-corrected chi connectivity index (χ2v) is 4.56. The minimum absolute atomic E-state index is 0.00285. The van der Waals surface area contributed by atoms with Crippen LogP contribution in [0.5, 0.6) is 0 Å². The highest BCUT2D eigenvalue weighted by Gasteiger charge is 2.22. The van der Waals surface area contributed by atoms with Crippen LogP contribution in [0.1, 0.15) is 18.5 Å². The molecule has 1 fully saturated rings. The number of pyridine rings is 1. The molecule has 1 amide bonds. The second kappa shape index (κ2) is 5.47. The first-order chi connectivity index (χ1) is 8.16. The fourth-order valence-corrected chi connectivity index (χ4v) is 2.03. The van der Waals surface area contributed by atoms with Crippen molar-refractivity contribution in [3.63, 3.8) is 0 Å². The molecule has 2 rings (SSSR count). The van der Waals surface area contributed by atoms with E-state index in [-0.39, 0.29) is 11.8 Å².